The minimum atomic E-state index is -4.35. The van der Waals surface area contributed by atoms with E-state index in [9.17, 15) is 18.0 Å². The molecule has 12 heteroatoms. The molecule has 0 radical (unpaired) electrons. The van der Waals surface area contributed by atoms with E-state index in [1.807, 2.05) is 26.0 Å². The van der Waals surface area contributed by atoms with Crippen LogP contribution in [0.4, 0.5) is 30.2 Å². The van der Waals surface area contributed by atoms with Crippen LogP contribution in [0.1, 0.15) is 11.1 Å². The summed E-state index contributed by atoms with van der Waals surface area (Å²) >= 11 is 11.3. The number of para-hydroxylation sites is 2. The maximum absolute atomic E-state index is 13.9. The van der Waals surface area contributed by atoms with Crippen molar-refractivity contribution < 1.29 is 22.7 Å². The molecule has 0 bridgehead atoms. The number of rotatable bonds is 7. The van der Waals surface area contributed by atoms with E-state index in [1.54, 1.807) is 30.3 Å². The number of amidine groups is 1. The molecular weight excluding hydrogens is 530 g/mol. The Morgan fingerprint density at radius 1 is 1.05 bits per heavy atom. The van der Waals surface area contributed by atoms with Crippen LogP contribution in [0.2, 0.25) is 5.02 Å². The number of aryl methyl sites for hydroxylation is 2. The van der Waals surface area contributed by atoms with Crippen LogP contribution in [0.15, 0.2) is 82.0 Å². The highest BCUT2D eigenvalue weighted by Crippen LogP contribution is 2.36. The maximum Gasteiger partial charge on any atom is 0.444 e. The van der Waals surface area contributed by atoms with Gasteiger partial charge in [0.2, 0.25) is 6.04 Å². The lowest BCUT2D eigenvalue weighted by Crippen LogP contribution is -2.38. The number of hydrogen-bond acceptors (Lipinski definition) is 5. The predicted molar refractivity (Wildman–Crippen MR) is 136 cm³/mol. The molecule has 192 valence electrons. The molecule has 1 amide bonds. The minimum Gasteiger partial charge on any atom is -0.427 e. The summed E-state index contributed by atoms with van der Waals surface area (Å²) in [5.74, 6) is -1.16. The molecule has 0 spiro atoms. The van der Waals surface area contributed by atoms with Gasteiger partial charge in [0.05, 0.1) is 16.4 Å². The van der Waals surface area contributed by atoms with Crippen molar-refractivity contribution in [2.24, 2.45) is 15.2 Å². The van der Waals surface area contributed by atoms with Crippen LogP contribution < -0.4 is 15.2 Å². The normalized spacial score (nSPS) is 17.9. The first-order valence-electron chi connectivity index (χ1n) is 10.9. The monoisotopic (exact) mass is 549 g/mol. The van der Waals surface area contributed by atoms with Gasteiger partial charge in [0.1, 0.15) is 5.69 Å². The molecule has 3 aromatic rings. The number of hydrazine groups is 1. The first-order chi connectivity index (χ1) is 17.5. The molecule has 3 aromatic carbocycles. The molecule has 2 unspecified atom stereocenters. The van der Waals surface area contributed by atoms with Gasteiger partial charge in [0.15, 0.2) is 11.6 Å². The van der Waals surface area contributed by atoms with Gasteiger partial charge in [-0.3, -0.25) is 10.2 Å². The molecule has 1 fully saturated rings. The zero-order valence-corrected chi connectivity index (χ0v) is 21.0. The largest absolute Gasteiger partial charge is 0.444 e. The Bertz CT molecular complexity index is 1370. The molecule has 0 aliphatic carbocycles. The number of azo groups is 1. The van der Waals surface area contributed by atoms with Crippen molar-refractivity contribution in [3.8, 4) is 5.75 Å². The Hall–Kier alpha value is -3.63. The van der Waals surface area contributed by atoms with E-state index >= 15 is 0 Å². The van der Waals surface area contributed by atoms with Crippen LogP contribution >= 0.6 is 23.2 Å². The Morgan fingerprint density at radius 2 is 1.73 bits per heavy atom. The highest BCUT2D eigenvalue weighted by atomic mass is 35.5. The van der Waals surface area contributed by atoms with Gasteiger partial charge in [-0.05, 0) is 55.8 Å². The highest BCUT2D eigenvalue weighted by molar-refractivity contribution is 6.33. The van der Waals surface area contributed by atoms with Crippen LogP contribution in [0.3, 0.4) is 0 Å². The topological polar surface area (TPSA) is 78.7 Å². The van der Waals surface area contributed by atoms with Gasteiger partial charge < -0.3 is 4.74 Å². The van der Waals surface area contributed by atoms with E-state index in [4.69, 9.17) is 23.2 Å². The quantitative estimate of drug-likeness (QED) is 0.250. The number of nitrogens with zero attached hydrogens (tertiary/aromatic N) is 4. The first kappa shape index (κ1) is 26.4. The van der Waals surface area contributed by atoms with Gasteiger partial charge in [-0.25, -0.2) is 14.4 Å². The van der Waals surface area contributed by atoms with Gasteiger partial charge in [0.25, 0.3) is 11.5 Å². The first-order valence-corrected chi connectivity index (χ1v) is 11.7. The van der Waals surface area contributed by atoms with Crippen molar-refractivity contribution in [3.63, 3.8) is 0 Å². The third-order valence-corrected chi connectivity index (χ3v) is 5.77. The molecule has 1 heterocycles. The number of hydrogen-bond donors (Lipinski definition) is 1. The number of carbonyl (C=O) groups excluding carboxylic acids is 1. The van der Waals surface area contributed by atoms with E-state index in [-0.39, 0.29) is 11.5 Å². The Morgan fingerprint density at radius 3 is 2.41 bits per heavy atom. The lowest BCUT2D eigenvalue weighted by atomic mass is 10.2. The van der Waals surface area contributed by atoms with Crippen molar-refractivity contribution in [2.45, 2.75) is 31.6 Å². The molecule has 2 atom stereocenters. The fraction of sp³-hybridized carbons (Fsp3) is 0.200. The van der Waals surface area contributed by atoms with Crippen LogP contribution in [0, 0.1) is 13.8 Å². The zero-order valence-electron chi connectivity index (χ0n) is 19.5. The smallest absolute Gasteiger partial charge is 0.427 e. The molecule has 1 N–H and O–H groups in total. The Balaban J connectivity index is 1.74. The Labute approximate surface area is 220 Å². The van der Waals surface area contributed by atoms with Crippen LogP contribution in [-0.2, 0) is 4.79 Å². The lowest BCUT2D eigenvalue weighted by molar-refractivity contribution is -0.198. The van der Waals surface area contributed by atoms with Crippen LogP contribution in [0.5, 0.6) is 5.75 Å². The van der Waals surface area contributed by atoms with Gasteiger partial charge in [-0.15, -0.1) is 0 Å². The molecule has 0 aromatic heterocycles. The molecule has 1 aliphatic heterocycles. The lowest BCUT2D eigenvalue weighted by Gasteiger charge is -2.23. The second kappa shape index (κ2) is 10.8. The highest BCUT2D eigenvalue weighted by Gasteiger charge is 2.45. The number of aliphatic imine (C=N–C) groups is 1. The van der Waals surface area contributed by atoms with Crippen molar-refractivity contribution in [3.05, 3.63) is 82.9 Å². The van der Waals surface area contributed by atoms with Crippen LogP contribution in [0.25, 0.3) is 0 Å². The summed E-state index contributed by atoms with van der Waals surface area (Å²) < 4.78 is 45.6. The fourth-order valence-electron chi connectivity index (χ4n) is 3.33. The number of nitrogens with one attached hydrogen (secondary N) is 1. The average Bonchev–Trinajstić information content (AvgIpc) is 3.15. The molecule has 1 saturated heterocycles. The van der Waals surface area contributed by atoms with Gasteiger partial charge in [-0.1, -0.05) is 59.1 Å². The third-order valence-electron chi connectivity index (χ3n) is 5.21. The number of anilines is 1. The van der Waals surface area contributed by atoms with Gasteiger partial charge >= 0.3 is 6.11 Å². The van der Waals surface area contributed by atoms with Crippen molar-refractivity contribution in [1.29, 1.82) is 0 Å². The summed E-state index contributed by atoms with van der Waals surface area (Å²) in [4.78, 5) is 17.9. The zero-order chi connectivity index (χ0) is 26.7. The Kier molecular flexibility index (Phi) is 7.70. The number of ether oxygens (including phenoxy) is 1. The molecule has 7 nitrogen and oxygen atoms in total. The summed E-state index contributed by atoms with van der Waals surface area (Å²) in [6, 6.07) is 16.3. The number of halogens is 5. The number of amides is 1. The van der Waals surface area contributed by atoms with E-state index in [2.05, 4.69) is 25.4 Å². The summed E-state index contributed by atoms with van der Waals surface area (Å²) in [6.07, 6.45) is -4.35. The second-order valence-corrected chi connectivity index (χ2v) is 8.91. The average molecular weight is 550 g/mol. The van der Waals surface area contributed by atoms with Crippen LogP contribution in [-0.4, -0.2) is 29.5 Å². The van der Waals surface area contributed by atoms with Crippen molar-refractivity contribution in [1.82, 2.24) is 5.43 Å². The predicted octanol–water partition coefficient (Wildman–Crippen LogP) is 7.20. The van der Waals surface area contributed by atoms with Gasteiger partial charge in [0, 0.05) is 0 Å². The van der Waals surface area contributed by atoms with E-state index in [0.717, 1.165) is 22.2 Å². The minimum absolute atomic E-state index is 0.0360. The molecule has 37 heavy (non-hydrogen) atoms. The SMILES string of the molecule is Cc1ccc(N=NC2C(=O)N(c3ccccc3OC(F)(F)C(F)Cl)NC2=Nc2ccc(C)cc2Cl)cc1. The third kappa shape index (κ3) is 6.03. The van der Waals surface area contributed by atoms with Crippen molar-refractivity contribution >= 4 is 52.0 Å². The number of benzene rings is 3. The molecule has 1 aliphatic rings. The second-order valence-electron chi connectivity index (χ2n) is 8.12. The maximum atomic E-state index is 13.9. The van der Waals surface area contributed by atoms with Gasteiger partial charge in [-0.2, -0.15) is 19.0 Å². The van der Waals surface area contributed by atoms with E-state index in [1.165, 1.54) is 18.2 Å². The number of carbonyl (C=O) groups is 1. The molecule has 0 saturated carbocycles. The van der Waals surface area contributed by atoms with Crippen molar-refractivity contribution in [2.75, 3.05) is 5.01 Å². The molecule has 4 rings (SSSR count). The number of alkyl halides is 4. The standard InChI is InChI=1S/C25H20Cl2F3N5O2/c1-14-7-10-16(11-8-14)32-33-21-22(31-18-12-9-15(2)13-17(18)26)34-35(23(21)36)19-5-3-4-6-20(19)37-25(29,30)24(27)28/h3-13,21,24H,1-2H3,(H,31,34). The van der Waals surface area contributed by atoms with E-state index < -0.39 is 29.4 Å². The fourth-order valence-corrected chi connectivity index (χ4v) is 3.65. The summed E-state index contributed by atoms with van der Waals surface area (Å²) in [6.45, 7) is 3.77. The summed E-state index contributed by atoms with van der Waals surface area (Å²) in [5.41, 5.74) is 2.27. The summed E-state index contributed by atoms with van der Waals surface area (Å²) in [5, 5.41) is 9.56. The molecular formula is C25H20Cl2F3N5O2. The van der Waals surface area contributed by atoms with E-state index in [0.29, 0.717) is 16.4 Å². The summed E-state index contributed by atoms with van der Waals surface area (Å²) in [7, 11) is 0.